The molecule has 0 heterocycles. The van der Waals surface area contributed by atoms with Crippen LogP contribution < -0.4 is 24.8 Å². The smallest absolute Gasteiger partial charge is 1.00 e. The van der Waals surface area contributed by atoms with Crippen molar-refractivity contribution < 1.29 is 46.5 Å². The van der Waals surface area contributed by atoms with Gasteiger partial charge < -0.3 is 24.8 Å². The summed E-state index contributed by atoms with van der Waals surface area (Å²) in [6.45, 7) is 4.48. The maximum atomic E-state index is 2.26. The molecule has 0 aliphatic rings. The third-order valence-electron chi connectivity index (χ3n) is 5.14. The van der Waals surface area contributed by atoms with Crippen molar-refractivity contribution in [3.05, 3.63) is 83.9 Å². The van der Waals surface area contributed by atoms with Gasteiger partial charge >= 0.3 is 21.7 Å². The molecule has 0 N–H and O–H groups in total. The number of aryl methyl sites for hydroxylation is 2. The molecule has 29 heavy (non-hydrogen) atoms. The summed E-state index contributed by atoms with van der Waals surface area (Å²) < 4.78 is 0. The zero-order valence-corrected chi connectivity index (χ0v) is 20.5. The minimum absolute atomic E-state index is 0. The third kappa shape index (κ3) is 7.61. The Morgan fingerprint density at radius 2 is 1.00 bits per heavy atom. The van der Waals surface area contributed by atoms with Crippen molar-refractivity contribution >= 4 is 21.5 Å². The molecule has 0 fully saturated rings. The molecular weight excluding hydrogens is 431 g/mol. The SMILES string of the molecule is CCCCc1c[cH-]c2ccccc12.CCCCc1c[cH-]c2ccccc12.[Cl-].[Cl-].[Ti+4]. The second-order valence-corrected chi connectivity index (χ2v) is 7.10. The van der Waals surface area contributed by atoms with Crippen molar-refractivity contribution in [3.63, 3.8) is 0 Å². The molecule has 4 aromatic rings. The molecule has 0 nitrogen and oxygen atoms in total. The number of benzene rings is 2. The number of halogens is 2. The maximum absolute atomic E-state index is 2.26. The first-order valence-corrected chi connectivity index (χ1v) is 10.1. The van der Waals surface area contributed by atoms with Gasteiger partial charge in [-0.3, -0.25) is 0 Å². The molecule has 4 aromatic carbocycles. The van der Waals surface area contributed by atoms with Gasteiger partial charge in [-0.25, -0.2) is 0 Å². The molecule has 0 atom stereocenters. The van der Waals surface area contributed by atoms with Crippen LogP contribution in [0.1, 0.15) is 50.7 Å². The fraction of sp³-hybridized carbons (Fsp3) is 0.308. The van der Waals surface area contributed by atoms with Crippen LogP contribution in [0.15, 0.2) is 72.8 Å². The average Bonchev–Trinajstić information content (AvgIpc) is 3.29. The molecular formula is C26H30Cl2Ti. The Labute approximate surface area is 203 Å². The van der Waals surface area contributed by atoms with Crippen LogP contribution in [0.5, 0.6) is 0 Å². The Morgan fingerprint density at radius 1 is 0.621 bits per heavy atom. The molecule has 3 heteroatoms. The van der Waals surface area contributed by atoms with E-state index in [1.54, 1.807) is 0 Å². The van der Waals surface area contributed by atoms with E-state index >= 15 is 0 Å². The van der Waals surface area contributed by atoms with Crippen LogP contribution in [-0.2, 0) is 34.6 Å². The second-order valence-electron chi connectivity index (χ2n) is 7.10. The summed E-state index contributed by atoms with van der Waals surface area (Å²) in [4.78, 5) is 0. The average molecular weight is 461 g/mol. The molecule has 0 unspecified atom stereocenters. The van der Waals surface area contributed by atoms with E-state index in [0.717, 1.165) is 0 Å². The number of fused-ring (bicyclic) bond motifs is 2. The Balaban J connectivity index is 0.000000490. The fourth-order valence-corrected chi connectivity index (χ4v) is 3.60. The monoisotopic (exact) mass is 460 g/mol. The molecule has 0 saturated carbocycles. The summed E-state index contributed by atoms with van der Waals surface area (Å²) in [7, 11) is 0. The van der Waals surface area contributed by atoms with Crippen molar-refractivity contribution in [2.24, 2.45) is 0 Å². The molecule has 0 saturated heterocycles. The van der Waals surface area contributed by atoms with Crippen LogP contribution in [0.4, 0.5) is 0 Å². The van der Waals surface area contributed by atoms with E-state index < -0.39 is 0 Å². The number of unbranched alkanes of at least 4 members (excludes halogenated alkanes) is 2. The van der Waals surface area contributed by atoms with E-state index in [1.807, 2.05) is 0 Å². The summed E-state index contributed by atoms with van der Waals surface area (Å²) in [5.74, 6) is 0. The molecule has 152 valence electrons. The summed E-state index contributed by atoms with van der Waals surface area (Å²) in [5.41, 5.74) is 3.02. The first-order chi connectivity index (χ1) is 12.8. The topological polar surface area (TPSA) is 0 Å². The molecule has 0 aliphatic heterocycles. The van der Waals surface area contributed by atoms with E-state index in [4.69, 9.17) is 0 Å². The van der Waals surface area contributed by atoms with Crippen molar-refractivity contribution in [1.82, 2.24) is 0 Å². The quantitative estimate of drug-likeness (QED) is 0.304. The Morgan fingerprint density at radius 3 is 1.38 bits per heavy atom. The van der Waals surface area contributed by atoms with Crippen LogP contribution in [0.3, 0.4) is 0 Å². The van der Waals surface area contributed by atoms with E-state index in [9.17, 15) is 0 Å². The number of rotatable bonds is 6. The Bertz CT molecular complexity index is 858. The van der Waals surface area contributed by atoms with Gasteiger partial charge in [0, 0.05) is 0 Å². The molecule has 0 radical (unpaired) electrons. The molecule has 0 amide bonds. The van der Waals surface area contributed by atoms with Gasteiger partial charge in [0.25, 0.3) is 0 Å². The van der Waals surface area contributed by atoms with Crippen LogP contribution in [0, 0.1) is 0 Å². The van der Waals surface area contributed by atoms with Gasteiger partial charge in [-0.2, -0.15) is 11.1 Å². The van der Waals surface area contributed by atoms with Crippen LogP contribution in [0.2, 0.25) is 0 Å². The van der Waals surface area contributed by atoms with Gasteiger partial charge in [0.2, 0.25) is 0 Å². The van der Waals surface area contributed by atoms with Crippen molar-refractivity contribution in [2.75, 3.05) is 0 Å². The molecule has 0 aliphatic carbocycles. The summed E-state index contributed by atoms with van der Waals surface area (Å²) in [6, 6.07) is 26.2. The first kappa shape index (κ1) is 28.0. The van der Waals surface area contributed by atoms with E-state index in [1.165, 1.54) is 71.2 Å². The zero-order valence-electron chi connectivity index (χ0n) is 17.4. The molecule has 0 aromatic heterocycles. The van der Waals surface area contributed by atoms with Gasteiger partial charge in [-0.15, -0.1) is 82.2 Å². The summed E-state index contributed by atoms with van der Waals surface area (Å²) in [6.07, 6.45) is 7.61. The molecule has 0 spiro atoms. The van der Waals surface area contributed by atoms with Gasteiger partial charge in [-0.1, -0.05) is 64.5 Å². The van der Waals surface area contributed by atoms with E-state index in [2.05, 4.69) is 86.6 Å². The zero-order chi connectivity index (χ0) is 18.2. The number of hydrogen-bond acceptors (Lipinski definition) is 0. The predicted molar refractivity (Wildman–Crippen MR) is 116 cm³/mol. The minimum atomic E-state index is 0. The fourth-order valence-electron chi connectivity index (χ4n) is 3.60. The third-order valence-corrected chi connectivity index (χ3v) is 5.14. The summed E-state index contributed by atoms with van der Waals surface area (Å²) >= 11 is 0. The van der Waals surface area contributed by atoms with E-state index in [0.29, 0.717) is 0 Å². The van der Waals surface area contributed by atoms with Gasteiger partial charge in [0.05, 0.1) is 0 Å². The predicted octanol–water partition coefficient (Wildman–Crippen LogP) is 1.81. The van der Waals surface area contributed by atoms with Crippen molar-refractivity contribution in [3.8, 4) is 0 Å². The van der Waals surface area contributed by atoms with E-state index in [-0.39, 0.29) is 46.5 Å². The normalized spacial score (nSPS) is 9.72. The van der Waals surface area contributed by atoms with Gasteiger partial charge in [0.15, 0.2) is 0 Å². The standard InChI is InChI=1S/2C13H15.2ClH.Ti/c2*1-2-3-6-11-9-10-12-7-4-5-8-13(11)12;;;/h2*4-5,7-10H,2-3,6H2,1H3;2*1H;/q2*-1;;;+4/p-2. The minimum Gasteiger partial charge on any atom is -1.00 e. The summed E-state index contributed by atoms with van der Waals surface area (Å²) in [5, 5.41) is 5.65. The largest absolute Gasteiger partial charge is 4.00 e. The maximum Gasteiger partial charge on any atom is 4.00 e. The van der Waals surface area contributed by atoms with Crippen molar-refractivity contribution in [1.29, 1.82) is 0 Å². The van der Waals surface area contributed by atoms with Crippen LogP contribution in [-0.4, -0.2) is 0 Å². The van der Waals surface area contributed by atoms with Crippen molar-refractivity contribution in [2.45, 2.75) is 52.4 Å². The number of hydrogen-bond donors (Lipinski definition) is 0. The van der Waals surface area contributed by atoms with Crippen LogP contribution >= 0.6 is 0 Å². The first-order valence-electron chi connectivity index (χ1n) is 10.1. The molecule has 4 rings (SSSR count). The second kappa shape index (κ2) is 14.9. The van der Waals surface area contributed by atoms with Crippen LogP contribution in [0.25, 0.3) is 21.5 Å². The molecule has 0 bridgehead atoms. The Kier molecular flexibility index (Phi) is 14.3. The van der Waals surface area contributed by atoms with Gasteiger partial charge in [0.1, 0.15) is 0 Å². The van der Waals surface area contributed by atoms with Gasteiger partial charge in [-0.05, 0) is 0 Å². The Hall–Kier alpha value is -1.05.